The molecule has 7 nitrogen and oxygen atoms in total. The van der Waals surface area contributed by atoms with Crippen molar-refractivity contribution in [2.75, 3.05) is 36.3 Å². The maximum absolute atomic E-state index is 13.0. The van der Waals surface area contributed by atoms with Crippen molar-refractivity contribution in [2.24, 2.45) is 5.73 Å². The molecule has 1 aliphatic rings. The van der Waals surface area contributed by atoms with Crippen LogP contribution in [0.25, 0.3) is 0 Å². The Morgan fingerprint density at radius 1 is 1.17 bits per heavy atom. The van der Waals surface area contributed by atoms with E-state index in [1.165, 1.54) is 18.9 Å². The summed E-state index contributed by atoms with van der Waals surface area (Å²) in [5.74, 6) is -0.228. The second kappa shape index (κ2) is 9.00. The number of rotatable bonds is 7. The van der Waals surface area contributed by atoms with Crippen molar-refractivity contribution in [2.45, 2.75) is 17.7 Å². The highest BCUT2D eigenvalue weighted by atomic mass is 32.2. The third kappa shape index (κ3) is 4.54. The van der Waals surface area contributed by atoms with Gasteiger partial charge >= 0.3 is 12.0 Å². The van der Waals surface area contributed by atoms with Gasteiger partial charge in [0.2, 0.25) is 0 Å². The molecule has 0 unspecified atom stereocenters. The van der Waals surface area contributed by atoms with E-state index in [2.05, 4.69) is 4.74 Å². The number of thioether (sulfide) groups is 1. The fourth-order valence-electron chi connectivity index (χ4n) is 3.26. The van der Waals surface area contributed by atoms with Crippen LogP contribution < -0.4 is 15.5 Å². The summed E-state index contributed by atoms with van der Waals surface area (Å²) in [4.78, 5) is 28.7. The van der Waals surface area contributed by atoms with Crippen LogP contribution in [-0.2, 0) is 16.0 Å². The summed E-state index contributed by atoms with van der Waals surface area (Å²) >= 11 is 1.52. The van der Waals surface area contributed by atoms with Crippen LogP contribution in [0.2, 0.25) is 0 Å². The van der Waals surface area contributed by atoms with Crippen molar-refractivity contribution >= 4 is 41.0 Å². The number of carbonyl (C=O) groups excluding carboxylic acids is 2. The minimum Gasteiger partial charge on any atom is -0.469 e. The van der Waals surface area contributed by atoms with Gasteiger partial charge in [-0.15, -0.1) is 11.8 Å². The first-order valence-electron chi connectivity index (χ1n) is 9.22. The minimum atomic E-state index is -0.236. The van der Waals surface area contributed by atoms with E-state index in [0.717, 1.165) is 21.8 Å². The third-order valence-electron chi connectivity index (χ3n) is 4.88. The molecule has 29 heavy (non-hydrogen) atoms. The Bertz CT molecular complexity index is 930. The number of nitrogen functional groups attached to an aromatic ring is 1. The molecular formula is C21H24N4O3S. The lowest BCUT2D eigenvalue weighted by Gasteiger charge is -2.21. The SMILES string of the molecule is COC(=O)CCc1ccc(N2CCN(c3ccc(C(=N)N)cc3SC)C2=O)cc1. The van der Waals surface area contributed by atoms with Crippen LogP contribution in [0.15, 0.2) is 47.4 Å². The van der Waals surface area contributed by atoms with Crippen molar-refractivity contribution in [3.05, 3.63) is 53.6 Å². The third-order valence-corrected chi connectivity index (χ3v) is 5.65. The number of amides is 2. The highest BCUT2D eigenvalue weighted by Crippen LogP contribution is 2.33. The van der Waals surface area contributed by atoms with E-state index >= 15 is 0 Å². The number of nitrogens with zero attached hydrogens (tertiary/aromatic N) is 2. The van der Waals surface area contributed by atoms with Crippen LogP contribution >= 0.6 is 11.8 Å². The van der Waals surface area contributed by atoms with Crippen LogP contribution in [0.1, 0.15) is 17.5 Å². The second-order valence-electron chi connectivity index (χ2n) is 6.63. The maximum atomic E-state index is 13.0. The van der Waals surface area contributed by atoms with Gasteiger partial charge in [-0.3, -0.25) is 20.0 Å². The lowest BCUT2D eigenvalue weighted by molar-refractivity contribution is -0.140. The molecule has 0 spiro atoms. The molecule has 0 saturated carbocycles. The first-order valence-corrected chi connectivity index (χ1v) is 10.4. The number of amidine groups is 1. The maximum Gasteiger partial charge on any atom is 0.329 e. The molecule has 152 valence electrons. The van der Waals surface area contributed by atoms with Crippen molar-refractivity contribution in [3.63, 3.8) is 0 Å². The average Bonchev–Trinajstić information content (AvgIpc) is 3.12. The van der Waals surface area contributed by atoms with Gasteiger partial charge in [-0.1, -0.05) is 12.1 Å². The van der Waals surface area contributed by atoms with E-state index < -0.39 is 0 Å². The lowest BCUT2D eigenvalue weighted by Crippen LogP contribution is -2.32. The second-order valence-corrected chi connectivity index (χ2v) is 7.48. The molecule has 1 saturated heterocycles. The normalized spacial score (nSPS) is 13.7. The molecule has 0 aromatic heterocycles. The van der Waals surface area contributed by atoms with Crippen molar-refractivity contribution in [1.82, 2.24) is 0 Å². The first-order chi connectivity index (χ1) is 13.9. The molecule has 2 aromatic rings. The number of aryl methyl sites for hydroxylation is 1. The number of benzene rings is 2. The van der Waals surface area contributed by atoms with Gasteiger partial charge in [0.25, 0.3) is 0 Å². The summed E-state index contributed by atoms with van der Waals surface area (Å²) in [5.41, 5.74) is 8.90. The van der Waals surface area contributed by atoms with E-state index in [0.29, 0.717) is 31.5 Å². The number of anilines is 2. The Kier molecular flexibility index (Phi) is 6.43. The molecule has 8 heteroatoms. The quantitative estimate of drug-likeness (QED) is 0.315. The number of hydrogen-bond acceptors (Lipinski definition) is 5. The zero-order valence-electron chi connectivity index (χ0n) is 16.5. The molecular weight excluding hydrogens is 388 g/mol. The highest BCUT2D eigenvalue weighted by Gasteiger charge is 2.32. The summed E-state index contributed by atoms with van der Waals surface area (Å²) in [6.45, 7) is 1.17. The van der Waals surface area contributed by atoms with Gasteiger partial charge in [0, 0.05) is 35.7 Å². The number of nitrogens with one attached hydrogen (secondary N) is 1. The average molecular weight is 413 g/mol. The molecule has 1 fully saturated rings. The number of ether oxygens (including phenoxy) is 1. The fraction of sp³-hybridized carbons (Fsp3) is 0.286. The number of nitrogens with two attached hydrogens (primary N) is 1. The predicted octanol–water partition coefficient (Wildman–Crippen LogP) is 3.24. The zero-order chi connectivity index (χ0) is 21.0. The molecule has 2 aromatic carbocycles. The van der Waals surface area contributed by atoms with Crippen LogP contribution in [0.3, 0.4) is 0 Å². The molecule has 3 N–H and O–H groups in total. The Hall–Kier alpha value is -3.00. The number of esters is 1. The van der Waals surface area contributed by atoms with Gasteiger partial charge < -0.3 is 10.5 Å². The molecule has 1 aliphatic heterocycles. The van der Waals surface area contributed by atoms with Gasteiger partial charge in [0.15, 0.2) is 0 Å². The van der Waals surface area contributed by atoms with Gasteiger partial charge in [0.1, 0.15) is 5.84 Å². The van der Waals surface area contributed by atoms with Crippen LogP contribution in [-0.4, -0.2) is 44.3 Å². The Morgan fingerprint density at radius 2 is 1.86 bits per heavy atom. The molecule has 0 aliphatic carbocycles. The van der Waals surface area contributed by atoms with Crippen LogP contribution in [0, 0.1) is 5.41 Å². The molecule has 2 amide bonds. The first kappa shape index (κ1) is 20.7. The highest BCUT2D eigenvalue weighted by molar-refractivity contribution is 7.98. The zero-order valence-corrected chi connectivity index (χ0v) is 17.3. The van der Waals surface area contributed by atoms with Crippen molar-refractivity contribution in [1.29, 1.82) is 5.41 Å². The Morgan fingerprint density at radius 3 is 2.48 bits per heavy atom. The summed E-state index contributed by atoms with van der Waals surface area (Å²) in [7, 11) is 1.38. The van der Waals surface area contributed by atoms with Gasteiger partial charge in [-0.2, -0.15) is 0 Å². The summed E-state index contributed by atoms with van der Waals surface area (Å²) in [6, 6.07) is 13.0. The molecule has 1 heterocycles. The topological polar surface area (TPSA) is 99.7 Å². The summed E-state index contributed by atoms with van der Waals surface area (Å²) in [6.07, 6.45) is 2.88. The molecule has 0 bridgehead atoms. The van der Waals surface area contributed by atoms with Gasteiger partial charge in [-0.25, -0.2) is 4.79 Å². The van der Waals surface area contributed by atoms with E-state index in [1.807, 2.05) is 42.7 Å². The van der Waals surface area contributed by atoms with Gasteiger partial charge in [0.05, 0.1) is 12.8 Å². The van der Waals surface area contributed by atoms with E-state index in [-0.39, 0.29) is 17.8 Å². The lowest BCUT2D eigenvalue weighted by atomic mass is 10.1. The Labute approximate surface area is 174 Å². The Balaban J connectivity index is 1.74. The number of hydrogen-bond donors (Lipinski definition) is 2. The largest absolute Gasteiger partial charge is 0.469 e. The van der Waals surface area contributed by atoms with Crippen molar-refractivity contribution < 1.29 is 14.3 Å². The fourth-order valence-corrected chi connectivity index (χ4v) is 3.89. The standard InChI is InChI=1S/C21H24N4O3S/c1-28-19(26)10-5-14-3-7-16(8-4-14)24-11-12-25(21(24)27)17-9-6-15(20(22)23)13-18(17)29-2/h3-4,6-9,13H,5,10-12H2,1-2H3,(H3,22,23). The number of methoxy groups -OCH3 is 1. The smallest absolute Gasteiger partial charge is 0.329 e. The molecule has 0 atom stereocenters. The summed E-state index contributed by atoms with van der Waals surface area (Å²) in [5, 5.41) is 7.61. The van der Waals surface area contributed by atoms with Crippen molar-refractivity contribution in [3.8, 4) is 0 Å². The van der Waals surface area contributed by atoms with Crippen LogP contribution in [0.4, 0.5) is 16.2 Å². The van der Waals surface area contributed by atoms with Gasteiger partial charge in [-0.05, 0) is 48.6 Å². The van der Waals surface area contributed by atoms with E-state index in [1.54, 1.807) is 15.9 Å². The van der Waals surface area contributed by atoms with E-state index in [4.69, 9.17) is 11.1 Å². The minimum absolute atomic E-state index is 0.00788. The monoisotopic (exact) mass is 412 g/mol. The predicted molar refractivity (Wildman–Crippen MR) is 116 cm³/mol. The van der Waals surface area contributed by atoms with E-state index in [9.17, 15) is 9.59 Å². The molecule has 3 rings (SSSR count). The number of urea groups is 1. The van der Waals surface area contributed by atoms with Crippen LogP contribution in [0.5, 0.6) is 0 Å². The molecule has 0 radical (unpaired) electrons. The number of carbonyl (C=O) groups is 2. The summed E-state index contributed by atoms with van der Waals surface area (Å²) < 4.78 is 4.67.